The minimum Gasteiger partial charge on any atom is -0.267 e. The number of carbonyl (C=O) groups excluding carboxylic acids is 1. The van der Waals surface area contributed by atoms with Crippen molar-refractivity contribution in [2.75, 3.05) is 6.54 Å². The molecule has 1 heterocycles. The van der Waals surface area contributed by atoms with E-state index in [1.54, 1.807) is 5.01 Å². The van der Waals surface area contributed by atoms with Crippen LogP contribution in [0.3, 0.4) is 0 Å². The van der Waals surface area contributed by atoms with Gasteiger partial charge in [-0.05, 0) is 31.5 Å². The van der Waals surface area contributed by atoms with Gasteiger partial charge in [-0.15, -0.1) is 0 Å². The first-order valence-corrected chi connectivity index (χ1v) is 7.17. The first-order valence-electron chi connectivity index (χ1n) is 7.17. The molecule has 1 amide bonds. The predicted molar refractivity (Wildman–Crippen MR) is 84.5 cm³/mol. The Bertz CT molecular complexity index is 719. The second-order valence-electron chi connectivity index (χ2n) is 5.41. The van der Waals surface area contributed by atoms with Crippen LogP contribution in [0.2, 0.25) is 0 Å². The van der Waals surface area contributed by atoms with Crippen LogP contribution in [0, 0.1) is 13.8 Å². The van der Waals surface area contributed by atoms with Gasteiger partial charge in [-0.25, -0.2) is 5.01 Å². The highest BCUT2D eigenvalue weighted by molar-refractivity contribution is 6.05. The van der Waals surface area contributed by atoms with E-state index in [2.05, 4.69) is 24.2 Å². The van der Waals surface area contributed by atoms with Gasteiger partial charge in [-0.2, -0.15) is 5.10 Å². The molecule has 3 rings (SSSR count). The fraction of sp³-hybridized carbons (Fsp3) is 0.222. The van der Waals surface area contributed by atoms with Crippen LogP contribution in [0.1, 0.15) is 33.5 Å². The molecule has 0 spiro atoms. The maximum Gasteiger partial charge on any atom is 0.273 e. The van der Waals surface area contributed by atoms with Crippen molar-refractivity contribution in [3.05, 3.63) is 70.8 Å². The molecule has 0 unspecified atom stereocenters. The number of nitrogens with zero attached hydrogens (tertiary/aromatic N) is 2. The molecule has 21 heavy (non-hydrogen) atoms. The summed E-state index contributed by atoms with van der Waals surface area (Å²) in [5.74, 6) is -0.0257. The molecule has 0 saturated carbocycles. The van der Waals surface area contributed by atoms with Gasteiger partial charge < -0.3 is 0 Å². The molecule has 106 valence electrons. The molecule has 0 atom stereocenters. The van der Waals surface area contributed by atoms with Crippen LogP contribution < -0.4 is 0 Å². The van der Waals surface area contributed by atoms with Gasteiger partial charge in [0.2, 0.25) is 0 Å². The lowest BCUT2D eigenvalue weighted by molar-refractivity contribution is 0.0778. The van der Waals surface area contributed by atoms with Crippen molar-refractivity contribution < 1.29 is 4.79 Å². The van der Waals surface area contributed by atoms with E-state index in [1.165, 1.54) is 5.56 Å². The number of rotatable bonds is 2. The molecular weight excluding hydrogens is 260 g/mol. The Balaban J connectivity index is 1.86. The Hall–Kier alpha value is -2.42. The third kappa shape index (κ3) is 2.72. The van der Waals surface area contributed by atoms with Gasteiger partial charge in [-0.3, -0.25) is 4.79 Å². The molecule has 0 aliphatic carbocycles. The number of benzene rings is 2. The molecule has 1 aliphatic heterocycles. The summed E-state index contributed by atoms with van der Waals surface area (Å²) >= 11 is 0. The maximum atomic E-state index is 12.5. The highest BCUT2D eigenvalue weighted by Gasteiger charge is 2.23. The average Bonchev–Trinajstić information content (AvgIpc) is 2.96. The van der Waals surface area contributed by atoms with Gasteiger partial charge >= 0.3 is 0 Å². The van der Waals surface area contributed by atoms with Crippen LogP contribution in [-0.4, -0.2) is 23.2 Å². The Morgan fingerprint density at radius 3 is 2.67 bits per heavy atom. The molecule has 0 N–H and O–H groups in total. The van der Waals surface area contributed by atoms with E-state index >= 15 is 0 Å². The standard InChI is InChI=1S/C18H18N2O/c1-13-6-5-8-15(12-13)18(21)20-11-10-17(19-20)16-9-4-3-7-14(16)2/h3-9,12H,10-11H2,1-2H3. The third-order valence-electron chi connectivity index (χ3n) is 3.76. The molecule has 3 nitrogen and oxygen atoms in total. The summed E-state index contributed by atoms with van der Waals surface area (Å²) in [5, 5.41) is 6.11. The van der Waals surface area contributed by atoms with Crippen LogP contribution in [0.15, 0.2) is 53.6 Å². The van der Waals surface area contributed by atoms with Gasteiger partial charge in [0, 0.05) is 17.5 Å². The van der Waals surface area contributed by atoms with E-state index in [-0.39, 0.29) is 5.91 Å². The second kappa shape index (κ2) is 5.52. The monoisotopic (exact) mass is 278 g/mol. The molecule has 3 heteroatoms. The molecule has 0 bridgehead atoms. The van der Waals surface area contributed by atoms with E-state index in [4.69, 9.17) is 0 Å². The molecule has 0 saturated heterocycles. The van der Waals surface area contributed by atoms with Crippen LogP contribution >= 0.6 is 0 Å². The summed E-state index contributed by atoms with van der Waals surface area (Å²) < 4.78 is 0. The normalized spacial score (nSPS) is 14.2. The molecule has 0 fully saturated rings. The fourth-order valence-corrected chi connectivity index (χ4v) is 2.62. The first-order chi connectivity index (χ1) is 10.1. The number of hydrogen-bond donors (Lipinski definition) is 0. The summed E-state index contributed by atoms with van der Waals surface area (Å²) in [5.41, 5.74) is 5.11. The zero-order valence-corrected chi connectivity index (χ0v) is 12.3. The number of hydrogen-bond acceptors (Lipinski definition) is 2. The summed E-state index contributed by atoms with van der Waals surface area (Å²) in [7, 11) is 0. The molecule has 2 aromatic carbocycles. The SMILES string of the molecule is Cc1cccc(C(=O)N2CCC(c3ccccc3C)=N2)c1. The van der Waals surface area contributed by atoms with E-state index in [1.807, 2.05) is 43.3 Å². The fourth-order valence-electron chi connectivity index (χ4n) is 2.62. The van der Waals surface area contributed by atoms with Crippen molar-refractivity contribution in [3.63, 3.8) is 0 Å². The summed E-state index contributed by atoms with van der Waals surface area (Å²) in [6.07, 6.45) is 0.808. The zero-order chi connectivity index (χ0) is 14.8. The Labute approximate surface area is 124 Å². The number of aryl methyl sites for hydroxylation is 2. The van der Waals surface area contributed by atoms with Crippen molar-refractivity contribution in [3.8, 4) is 0 Å². The van der Waals surface area contributed by atoms with E-state index in [9.17, 15) is 4.79 Å². The maximum absolute atomic E-state index is 12.5. The van der Waals surface area contributed by atoms with Gasteiger partial charge in [-0.1, -0.05) is 42.0 Å². The molecule has 0 aromatic heterocycles. The Morgan fingerprint density at radius 1 is 1.10 bits per heavy atom. The molecule has 2 aromatic rings. The zero-order valence-electron chi connectivity index (χ0n) is 12.3. The minimum absolute atomic E-state index is 0.0257. The van der Waals surface area contributed by atoms with E-state index in [0.29, 0.717) is 12.1 Å². The number of hydrazone groups is 1. The van der Waals surface area contributed by atoms with Gasteiger partial charge in [0.15, 0.2) is 0 Å². The first kappa shape index (κ1) is 13.6. The quantitative estimate of drug-likeness (QED) is 0.826. The summed E-state index contributed by atoms with van der Waals surface area (Å²) in [6.45, 7) is 4.71. The van der Waals surface area contributed by atoms with Gasteiger partial charge in [0.05, 0.1) is 12.3 Å². The highest BCUT2D eigenvalue weighted by Crippen LogP contribution is 2.19. The minimum atomic E-state index is -0.0257. The van der Waals surface area contributed by atoms with Crippen molar-refractivity contribution in [1.29, 1.82) is 0 Å². The third-order valence-corrected chi connectivity index (χ3v) is 3.76. The number of carbonyl (C=O) groups is 1. The van der Waals surface area contributed by atoms with Crippen LogP contribution in [0.5, 0.6) is 0 Å². The lowest BCUT2D eigenvalue weighted by atomic mass is 10.0. The Morgan fingerprint density at radius 2 is 1.90 bits per heavy atom. The van der Waals surface area contributed by atoms with Crippen LogP contribution in [0.25, 0.3) is 0 Å². The summed E-state index contributed by atoms with van der Waals surface area (Å²) in [6, 6.07) is 15.8. The lowest BCUT2D eigenvalue weighted by Gasteiger charge is -2.11. The molecule has 1 aliphatic rings. The second-order valence-corrected chi connectivity index (χ2v) is 5.41. The average molecular weight is 278 g/mol. The van der Waals surface area contributed by atoms with E-state index < -0.39 is 0 Å². The van der Waals surface area contributed by atoms with Gasteiger partial charge in [0.25, 0.3) is 5.91 Å². The predicted octanol–water partition coefficient (Wildman–Crippen LogP) is 3.55. The van der Waals surface area contributed by atoms with Crippen molar-refractivity contribution in [1.82, 2.24) is 5.01 Å². The van der Waals surface area contributed by atoms with E-state index in [0.717, 1.165) is 23.3 Å². The van der Waals surface area contributed by atoms with Crippen LogP contribution in [-0.2, 0) is 0 Å². The van der Waals surface area contributed by atoms with Crippen molar-refractivity contribution >= 4 is 11.6 Å². The smallest absolute Gasteiger partial charge is 0.267 e. The van der Waals surface area contributed by atoms with Crippen LogP contribution in [0.4, 0.5) is 0 Å². The van der Waals surface area contributed by atoms with Crippen molar-refractivity contribution in [2.45, 2.75) is 20.3 Å². The lowest BCUT2D eigenvalue weighted by Crippen LogP contribution is -2.23. The topological polar surface area (TPSA) is 32.7 Å². The van der Waals surface area contributed by atoms with Crippen molar-refractivity contribution in [2.24, 2.45) is 5.10 Å². The van der Waals surface area contributed by atoms with Gasteiger partial charge in [0.1, 0.15) is 0 Å². The number of amides is 1. The largest absolute Gasteiger partial charge is 0.273 e. The highest BCUT2D eigenvalue weighted by atomic mass is 16.2. The Kier molecular flexibility index (Phi) is 3.57. The molecular formula is C18H18N2O. The summed E-state index contributed by atoms with van der Waals surface area (Å²) in [4.78, 5) is 12.5. The molecule has 0 radical (unpaired) electrons.